The zero-order valence-electron chi connectivity index (χ0n) is 9.48. The lowest BCUT2D eigenvalue weighted by molar-refractivity contribution is -0.189. The Hall–Kier alpha value is -0.690. The number of nitrogens with one attached hydrogen (secondary N) is 1. The lowest BCUT2D eigenvalue weighted by atomic mass is 9.83. The lowest BCUT2D eigenvalue weighted by Crippen LogP contribution is -2.48. The first-order valence-electron chi connectivity index (χ1n) is 5.71. The van der Waals surface area contributed by atoms with Gasteiger partial charge in [0.1, 0.15) is 0 Å². The van der Waals surface area contributed by atoms with Crippen LogP contribution in [-0.2, 0) is 0 Å². The third kappa shape index (κ3) is 3.71. The Kier molecular flexibility index (Phi) is 4.67. The molecule has 4 heteroatoms. The number of halogens is 3. The van der Waals surface area contributed by atoms with Crippen molar-refractivity contribution in [2.24, 2.45) is 5.92 Å². The minimum atomic E-state index is -4.09. The molecule has 0 saturated heterocycles. The lowest BCUT2D eigenvalue weighted by Gasteiger charge is -2.35. The molecule has 0 aromatic heterocycles. The van der Waals surface area contributed by atoms with Gasteiger partial charge in [0.2, 0.25) is 0 Å². The Morgan fingerprint density at radius 3 is 2.56 bits per heavy atom. The van der Waals surface area contributed by atoms with Crippen molar-refractivity contribution in [3.8, 4) is 12.3 Å². The minimum Gasteiger partial charge on any atom is -0.310 e. The highest BCUT2D eigenvalue weighted by atomic mass is 19.4. The van der Waals surface area contributed by atoms with Gasteiger partial charge < -0.3 is 5.32 Å². The molecule has 0 radical (unpaired) electrons. The number of hydrogen-bond acceptors (Lipinski definition) is 1. The fraction of sp³-hybridized carbons (Fsp3) is 0.833. The van der Waals surface area contributed by atoms with Crippen molar-refractivity contribution >= 4 is 0 Å². The van der Waals surface area contributed by atoms with Crippen LogP contribution >= 0.6 is 0 Å². The van der Waals surface area contributed by atoms with E-state index in [0.29, 0.717) is 19.3 Å². The normalized spacial score (nSPS) is 28.4. The fourth-order valence-electron chi connectivity index (χ4n) is 2.32. The molecular weight excluding hydrogens is 215 g/mol. The van der Waals surface area contributed by atoms with Gasteiger partial charge in [0.25, 0.3) is 0 Å². The highest BCUT2D eigenvalue weighted by Crippen LogP contribution is 2.37. The zero-order chi connectivity index (χ0) is 12.2. The third-order valence-electron chi connectivity index (χ3n) is 3.11. The smallest absolute Gasteiger partial charge is 0.310 e. The summed E-state index contributed by atoms with van der Waals surface area (Å²) in [6.07, 6.45) is 3.90. The van der Waals surface area contributed by atoms with E-state index in [4.69, 9.17) is 6.42 Å². The maximum atomic E-state index is 12.7. The molecule has 0 spiro atoms. The number of rotatable bonds is 3. The Morgan fingerprint density at radius 1 is 1.38 bits per heavy atom. The van der Waals surface area contributed by atoms with E-state index in [2.05, 4.69) is 11.2 Å². The Morgan fingerprint density at radius 2 is 2.00 bits per heavy atom. The highest BCUT2D eigenvalue weighted by Gasteiger charge is 2.45. The van der Waals surface area contributed by atoms with Crippen LogP contribution in [0.25, 0.3) is 0 Å². The van der Waals surface area contributed by atoms with Crippen LogP contribution in [0.3, 0.4) is 0 Å². The van der Waals surface area contributed by atoms with E-state index in [9.17, 15) is 13.2 Å². The molecule has 0 aliphatic heterocycles. The summed E-state index contributed by atoms with van der Waals surface area (Å²) in [5.74, 6) is 1.26. The van der Waals surface area contributed by atoms with Gasteiger partial charge in [0, 0.05) is 18.5 Å². The van der Waals surface area contributed by atoms with Crippen molar-refractivity contribution in [1.29, 1.82) is 0 Å². The Labute approximate surface area is 94.8 Å². The van der Waals surface area contributed by atoms with Gasteiger partial charge in [-0.25, -0.2) is 0 Å². The molecule has 0 amide bonds. The summed E-state index contributed by atoms with van der Waals surface area (Å²) in [7, 11) is 0. The molecule has 3 atom stereocenters. The van der Waals surface area contributed by atoms with Gasteiger partial charge >= 0.3 is 6.18 Å². The summed E-state index contributed by atoms with van der Waals surface area (Å²) in [5.41, 5.74) is 0. The van der Waals surface area contributed by atoms with E-state index in [1.165, 1.54) is 0 Å². The van der Waals surface area contributed by atoms with E-state index >= 15 is 0 Å². The molecule has 1 aliphatic carbocycles. The van der Waals surface area contributed by atoms with Crippen molar-refractivity contribution in [2.75, 3.05) is 0 Å². The van der Waals surface area contributed by atoms with Gasteiger partial charge in [-0.2, -0.15) is 13.2 Å². The molecule has 1 N–H and O–H groups in total. The first-order chi connectivity index (χ1) is 7.45. The molecule has 1 rings (SSSR count). The highest BCUT2D eigenvalue weighted by molar-refractivity contribution is 4.92. The van der Waals surface area contributed by atoms with Gasteiger partial charge in [-0.05, 0) is 19.8 Å². The van der Waals surface area contributed by atoms with Crippen LogP contribution < -0.4 is 5.32 Å². The van der Waals surface area contributed by atoms with Crippen molar-refractivity contribution in [1.82, 2.24) is 5.32 Å². The average molecular weight is 233 g/mol. The summed E-state index contributed by atoms with van der Waals surface area (Å²) in [6, 6.07) is -0.505. The first kappa shape index (κ1) is 13.4. The largest absolute Gasteiger partial charge is 0.393 e. The van der Waals surface area contributed by atoms with Crippen LogP contribution in [-0.4, -0.2) is 18.3 Å². The van der Waals surface area contributed by atoms with Crippen molar-refractivity contribution < 1.29 is 13.2 Å². The maximum absolute atomic E-state index is 12.7. The summed E-state index contributed by atoms with van der Waals surface area (Å²) in [6.45, 7) is 1.84. The summed E-state index contributed by atoms with van der Waals surface area (Å²) in [4.78, 5) is 0. The standard InChI is InChI=1S/C12H18F3N/c1-3-6-9(2)16-11-8-5-4-7-10(11)12(13,14)15/h1,9-11,16H,4-8H2,2H3. The second-order valence-electron chi connectivity index (χ2n) is 4.52. The minimum absolute atomic E-state index is 0.0436. The fourth-order valence-corrected chi connectivity index (χ4v) is 2.32. The molecule has 1 aliphatic rings. The molecule has 0 bridgehead atoms. The van der Waals surface area contributed by atoms with E-state index in [1.807, 2.05) is 6.92 Å². The number of terminal acetylenes is 1. The molecular formula is C12H18F3N. The molecule has 3 unspecified atom stereocenters. The predicted molar refractivity (Wildman–Crippen MR) is 57.8 cm³/mol. The quantitative estimate of drug-likeness (QED) is 0.738. The van der Waals surface area contributed by atoms with Crippen molar-refractivity contribution in [3.63, 3.8) is 0 Å². The van der Waals surface area contributed by atoms with E-state index < -0.39 is 18.1 Å². The number of alkyl halides is 3. The molecule has 1 nitrogen and oxygen atoms in total. The molecule has 16 heavy (non-hydrogen) atoms. The third-order valence-corrected chi connectivity index (χ3v) is 3.11. The van der Waals surface area contributed by atoms with Gasteiger partial charge in [-0.3, -0.25) is 0 Å². The second-order valence-corrected chi connectivity index (χ2v) is 4.52. The van der Waals surface area contributed by atoms with E-state index in [0.717, 1.165) is 6.42 Å². The van der Waals surface area contributed by atoms with Gasteiger partial charge in [-0.15, -0.1) is 12.3 Å². The van der Waals surface area contributed by atoms with Crippen LogP contribution in [0.2, 0.25) is 0 Å². The van der Waals surface area contributed by atoms with Gasteiger partial charge in [0.15, 0.2) is 0 Å². The molecule has 1 fully saturated rings. The Balaban J connectivity index is 2.58. The van der Waals surface area contributed by atoms with Crippen LogP contribution in [0.15, 0.2) is 0 Å². The molecule has 0 heterocycles. The maximum Gasteiger partial charge on any atom is 0.393 e. The van der Waals surface area contributed by atoms with Crippen molar-refractivity contribution in [2.45, 2.75) is 57.3 Å². The van der Waals surface area contributed by atoms with Crippen LogP contribution in [0.5, 0.6) is 0 Å². The van der Waals surface area contributed by atoms with E-state index in [1.54, 1.807) is 0 Å². The summed E-state index contributed by atoms with van der Waals surface area (Å²) in [5, 5.41) is 3.01. The van der Waals surface area contributed by atoms with Crippen LogP contribution in [0, 0.1) is 18.3 Å². The molecule has 1 saturated carbocycles. The average Bonchev–Trinajstić information content (AvgIpc) is 2.17. The monoisotopic (exact) mass is 233 g/mol. The summed E-state index contributed by atoms with van der Waals surface area (Å²) >= 11 is 0. The van der Waals surface area contributed by atoms with E-state index in [-0.39, 0.29) is 12.5 Å². The first-order valence-corrected chi connectivity index (χ1v) is 5.71. The topological polar surface area (TPSA) is 12.0 Å². The van der Waals surface area contributed by atoms with Crippen LogP contribution in [0.4, 0.5) is 13.2 Å². The van der Waals surface area contributed by atoms with Crippen molar-refractivity contribution in [3.05, 3.63) is 0 Å². The Bertz CT molecular complexity index is 254. The molecule has 0 aromatic rings. The molecule has 92 valence electrons. The molecule has 0 aromatic carbocycles. The van der Waals surface area contributed by atoms with Gasteiger partial charge in [0.05, 0.1) is 5.92 Å². The second kappa shape index (κ2) is 5.58. The predicted octanol–water partition coefficient (Wildman–Crippen LogP) is 3.11. The van der Waals surface area contributed by atoms with Crippen LogP contribution in [0.1, 0.15) is 39.0 Å². The van der Waals surface area contributed by atoms with Gasteiger partial charge in [-0.1, -0.05) is 12.8 Å². The summed E-state index contributed by atoms with van der Waals surface area (Å²) < 4.78 is 38.2. The number of hydrogen-bond donors (Lipinski definition) is 1. The zero-order valence-corrected chi connectivity index (χ0v) is 9.48. The SMILES string of the molecule is C#CCC(C)NC1CCCCC1C(F)(F)F.